The Morgan fingerprint density at radius 3 is 3.00 bits per heavy atom. The van der Waals surface area contributed by atoms with E-state index in [0.717, 1.165) is 27.0 Å². The molecule has 4 rings (SSSR count). The number of ether oxygens (including phenoxy) is 1. The summed E-state index contributed by atoms with van der Waals surface area (Å²) in [6.07, 6.45) is 3.28. The zero-order chi connectivity index (χ0) is 17.2. The van der Waals surface area contributed by atoms with Gasteiger partial charge in [-0.25, -0.2) is 4.98 Å². The molecule has 0 bridgehead atoms. The van der Waals surface area contributed by atoms with Gasteiger partial charge in [0.15, 0.2) is 0 Å². The maximum absolute atomic E-state index is 12.1. The second kappa shape index (κ2) is 6.57. The van der Waals surface area contributed by atoms with Crippen LogP contribution in [0.1, 0.15) is 16.8 Å². The molecule has 0 aliphatic heterocycles. The van der Waals surface area contributed by atoms with E-state index >= 15 is 0 Å². The van der Waals surface area contributed by atoms with Crippen LogP contribution in [0.2, 0.25) is 0 Å². The Bertz CT molecular complexity index is 1010. The van der Waals surface area contributed by atoms with Crippen LogP contribution in [0.5, 0.6) is 0 Å². The van der Waals surface area contributed by atoms with Crippen LogP contribution in [0.3, 0.4) is 0 Å². The van der Waals surface area contributed by atoms with Gasteiger partial charge in [0.2, 0.25) is 5.89 Å². The van der Waals surface area contributed by atoms with Gasteiger partial charge in [0.1, 0.15) is 24.1 Å². The number of oxazole rings is 1. The van der Waals surface area contributed by atoms with E-state index < -0.39 is 0 Å². The van der Waals surface area contributed by atoms with Gasteiger partial charge in [-0.05, 0) is 30.0 Å². The highest BCUT2D eigenvalue weighted by Crippen LogP contribution is 2.25. The highest BCUT2D eigenvalue weighted by molar-refractivity contribution is 7.13. The molecule has 0 aliphatic carbocycles. The highest BCUT2D eigenvalue weighted by atomic mass is 32.1. The van der Waals surface area contributed by atoms with E-state index in [2.05, 4.69) is 4.98 Å². The monoisotopic (exact) mass is 353 g/mol. The third-order valence-electron chi connectivity index (χ3n) is 3.81. The molecule has 6 heteroatoms. The number of esters is 1. The molecule has 0 unspecified atom stereocenters. The van der Waals surface area contributed by atoms with Crippen molar-refractivity contribution in [2.75, 3.05) is 0 Å². The SMILES string of the molecule is Cc1ccc2c(CC(=O)OCc3coc(-c4cccs4)n3)coc2c1. The maximum Gasteiger partial charge on any atom is 0.310 e. The summed E-state index contributed by atoms with van der Waals surface area (Å²) in [5.74, 6) is 0.209. The normalized spacial score (nSPS) is 11.1. The minimum atomic E-state index is -0.330. The molecule has 0 aliphatic rings. The summed E-state index contributed by atoms with van der Waals surface area (Å²) in [5.41, 5.74) is 3.30. The van der Waals surface area contributed by atoms with Gasteiger partial charge in [-0.15, -0.1) is 11.3 Å². The quantitative estimate of drug-likeness (QED) is 0.485. The second-order valence-corrected chi connectivity index (χ2v) is 6.67. The standard InChI is InChI=1S/C19H15NO4S/c1-12-4-5-15-13(9-22-16(15)7-12)8-18(21)23-10-14-11-24-19(20-14)17-3-2-6-25-17/h2-7,9,11H,8,10H2,1H3. The Kier molecular flexibility index (Phi) is 4.11. The van der Waals surface area contributed by atoms with Crippen LogP contribution in [0.25, 0.3) is 21.7 Å². The first-order valence-electron chi connectivity index (χ1n) is 7.80. The zero-order valence-electron chi connectivity index (χ0n) is 13.5. The van der Waals surface area contributed by atoms with Crippen LogP contribution in [-0.4, -0.2) is 11.0 Å². The van der Waals surface area contributed by atoms with Crippen molar-refractivity contribution in [1.82, 2.24) is 4.98 Å². The average molecular weight is 353 g/mol. The predicted octanol–water partition coefficient (Wildman–Crippen LogP) is 4.74. The van der Waals surface area contributed by atoms with E-state index in [9.17, 15) is 4.79 Å². The van der Waals surface area contributed by atoms with Crippen molar-refractivity contribution in [1.29, 1.82) is 0 Å². The number of benzene rings is 1. The van der Waals surface area contributed by atoms with E-state index in [-0.39, 0.29) is 19.0 Å². The fourth-order valence-corrected chi connectivity index (χ4v) is 3.23. The largest absolute Gasteiger partial charge is 0.464 e. The molecule has 0 radical (unpaired) electrons. The number of carbonyl (C=O) groups excluding carboxylic acids is 1. The van der Waals surface area contributed by atoms with Gasteiger partial charge in [-0.1, -0.05) is 18.2 Å². The van der Waals surface area contributed by atoms with E-state index in [4.69, 9.17) is 13.6 Å². The van der Waals surface area contributed by atoms with Crippen molar-refractivity contribution < 1.29 is 18.4 Å². The minimum Gasteiger partial charge on any atom is -0.464 e. The molecule has 0 spiro atoms. The van der Waals surface area contributed by atoms with Gasteiger partial charge in [-0.2, -0.15) is 0 Å². The third kappa shape index (κ3) is 3.34. The van der Waals surface area contributed by atoms with Gasteiger partial charge < -0.3 is 13.6 Å². The highest BCUT2D eigenvalue weighted by Gasteiger charge is 2.13. The summed E-state index contributed by atoms with van der Waals surface area (Å²) in [5, 5.41) is 2.89. The number of nitrogens with zero attached hydrogens (tertiary/aromatic N) is 1. The Labute approximate surface area is 147 Å². The summed E-state index contributed by atoms with van der Waals surface area (Å²) in [6.45, 7) is 2.08. The topological polar surface area (TPSA) is 65.5 Å². The summed E-state index contributed by atoms with van der Waals surface area (Å²) in [7, 11) is 0. The Balaban J connectivity index is 1.39. The van der Waals surface area contributed by atoms with Crippen LogP contribution >= 0.6 is 11.3 Å². The van der Waals surface area contributed by atoms with E-state index in [1.165, 1.54) is 6.26 Å². The molecule has 0 saturated heterocycles. The number of rotatable bonds is 5. The van der Waals surface area contributed by atoms with Gasteiger partial charge in [0, 0.05) is 10.9 Å². The maximum atomic E-state index is 12.1. The molecule has 3 aromatic heterocycles. The number of aromatic nitrogens is 1. The minimum absolute atomic E-state index is 0.0859. The fourth-order valence-electron chi connectivity index (χ4n) is 2.57. The van der Waals surface area contributed by atoms with Gasteiger partial charge in [0.25, 0.3) is 0 Å². The first-order chi connectivity index (χ1) is 12.2. The number of hydrogen-bond acceptors (Lipinski definition) is 6. The van der Waals surface area contributed by atoms with E-state index in [1.54, 1.807) is 17.6 Å². The molecule has 3 heterocycles. The van der Waals surface area contributed by atoms with Crippen molar-refractivity contribution in [2.45, 2.75) is 20.0 Å². The van der Waals surface area contributed by atoms with Gasteiger partial charge in [0.05, 0.1) is 17.6 Å². The first-order valence-corrected chi connectivity index (χ1v) is 8.67. The number of carbonyl (C=O) groups is 1. The van der Waals surface area contributed by atoms with E-state index in [0.29, 0.717) is 11.6 Å². The molecule has 0 N–H and O–H groups in total. The van der Waals surface area contributed by atoms with Crippen molar-refractivity contribution in [3.05, 3.63) is 65.1 Å². The molecule has 0 atom stereocenters. The number of aryl methyl sites for hydroxylation is 1. The number of fused-ring (bicyclic) bond motifs is 1. The summed E-state index contributed by atoms with van der Waals surface area (Å²) >= 11 is 1.54. The van der Waals surface area contributed by atoms with Crippen molar-refractivity contribution >= 4 is 28.3 Å². The Morgan fingerprint density at radius 1 is 1.24 bits per heavy atom. The summed E-state index contributed by atoms with van der Waals surface area (Å²) < 4.78 is 16.2. The lowest BCUT2D eigenvalue weighted by Crippen LogP contribution is -2.07. The average Bonchev–Trinajstić information content (AvgIpc) is 3.33. The summed E-state index contributed by atoms with van der Waals surface area (Å²) in [4.78, 5) is 17.4. The van der Waals surface area contributed by atoms with Crippen LogP contribution in [0.15, 0.2) is 57.1 Å². The van der Waals surface area contributed by atoms with Gasteiger partial charge >= 0.3 is 5.97 Å². The predicted molar refractivity (Wildman–Crippen MR) is 94.3 cm³/mol. The third-order valence-corrected chi connectivity index (χ3v) is 4.67. The van der Waals surface area contributed by atoms with Crippen LogP contribution < -0.4 is 0 Å². The van der Waals surface area contributed by atoms with Crippen molar-refractivity contribution in [2.24, 2.45) is 0 Å². The number of hydrogen-bond donors (Lipinski definition) is 0. The number of thiophene rings is 1. The van der Waals surface area contributed by atoms with Gasteiger partial charge in [-0.3, -0.25) is 4.79 Å². The lowest BCUT2D eigenvalue weighted by atomic mass is 10.1. The van der Waals surface area contributed by atoms with Crippen molar-refractivity contribution in [3.8, 4) is 10.8 Å². The molecular formula is C19H15NO4S. The molecule has 0 fully saturated rings. The fraction of sp³-hybridized carbons (Fsp3) is 0.158. The molecule has 0 saturated carbocycles. The Hall–Kier alpha value is -2.86. The van der Waals surface area contributed by atoms with Crippen LogP contribution in [0, 0.1) is 6.92 Å². The second-order valence-electron chi connectivity index (χ2n) is 5.72. The number of furan rings is 1. The van der Waals surface area contributed by atoms with E-state index in [1.807, 2.05) is 42.6 Å². The molecular weight excluding hydrogens is 338 g/mol. The molecule has 126 valence electrons. The molecule has 5 nitrogen and oxygen atoms in total. The summed E-state index contributed by atoms with van der Waals surface area (Å²) in [6, 6.07) is 9.76. The molecule has 0 amide bonds. The lowest BCUT2D eigenvalue weighted by Gasteiger charge is -2.01. The molecule has 1 aromatic carbocycles. The zero-order valence-corrected chi connectivity index (χ0v) is 14.3. The first kappa shape index (κ1) is 15.7. The lowest BCUT2D eigenvalue weighted by molar-refractivity contribution is -0.144. The van der Waals surface area contributed by atoms with Crippen molar-refractivity contribution in [3.63, 3.8) is 0 Å². The molecule has 25 heavy (non-hydrogen) atoms. The van der Waals surface area contributed by atoms with Crippen LogP contribution in [0.4, 0.5) is 0 Å². The smallest absolute Gasteiger partial charge is 0.310 e. The van der Waals surface area contributed by atoms with Crippen LogP contribution in [-0.2, 0) is 22.6 Å². The Morgan fingerprint density at radius 2 is 2.16 bits per heavy atom. The molecule has 4 aromatic rings.